The molecule has 0 saturated carbocycles. The van der Waals surface area contributed by atoms with Crippen LogP contribution in [0.3, 0.4) is 0 Å². The first-order valence-electron chi connectivity index (χ1n) is 12.9. The molecule has 1 aliphatic rings. The average molecular weight is 471 g/mol. The molecule has 2 heterocycles. The Kier molecular flexibility index (Phi) is 7.84. The molecule has 1 saturated heterocycles. The molecule has 1 aromatic heterocycles. The first kappa shape index (κ1) is 24.9. The van der Waals surface area contributed by atoms with Gasteiger partial charge in [0.15, 0.2) is 5.82 Å². The predicted molar refractivity (Wildman–Crippen MR) is 144 cm³/mol. The fourth-order valence-corrected chi connectivity index (χ4v) is 4.80. The molecule has 0 radical (unpaired) electrons. The number of aromatic nitrogens is 2. The number of carbonyl (C=O) groups excluding carboxylic acids is 1. The third kappa shape index (κ3) is 5.90. The zero-order valence-corrected chi connectivity index (χ0v) is 21.8. The Morgan fingerprint density at radius 1 is 0.971 bits per heavy atom. The second-order valence-corrected chi connectivity index (χ2v) is 10.1. The van der Waals surface area contributed by atoms with E-state index in [1.165, 1.54) is 22.3 Å². The van der Waals surface area contributed by atoms with Crippen LogP contribution < -0.4 is 4.90 Å². The summed E-state index contributed by atoms with van der Waals surface area (Å²) < 4.78 is 0. The molecule has 0 bridgehead atoms. The van der Waals surface area contributed by atoms with Crippen LogP contribution in [0.5, 0.6) is 0 Å². The van der Waals surface area contributed by atoms with E-state index < -0.39 is 0 Å². The first-order valence-corrected chi connectivity index (χ1v) is 12.9. The van der Waals surface area contributed by atoms with Gasteiger partial charge in [0.05, 0.1) is 0 Å². The number of hydrogen-bond donors (Lipinski definition) is 0. The van der Waals surface area contributed by atoms with E-state index in [1.807, 2.05) is 23.1 Å². The van der Waals surface area contributed by atoms with Gasteiger partial charge in [-0.1, -0.05) is 74.9 Å². The van der Waals surface area contributed by atoms with Gasteiger partial charge in [0.25, 0.3) is 0 Å². The van der Waals surface area contributed by atoms with E-state index in [1.54, 1.807) is 0 Å². The standard InChI is InChI=1S/C30H38N4O/c1-6-27-26(20-25-19-22(4)12-13-23(25)5)30(32-29(31-27)24-10-8-7-9-11-24)34-16-14-33(15-17-34)28(35)18-21(2)3/h7-13,19,21H,6,14-18,20H2,1-5H3. The third-order valence-electron chi connectivity index (χ3n) is 6.82. The molecule has 1 aliphatic heterocycles. The molecule has 3 aromatic rings. The second kappa shape index (κ2) is 11.0. The number of nitrogens with zero attached hydrogens (tertiary/aromatic N) is 4. The lowest BCUT2D eigenvalue weighted by molar-refractivity contribution is -0.132. The summed E-state index contributed by atoms with van der Waals surface area (Å²) in [5, 5.41) is 0. The summed E-state index contributed by atoms with van der Waals surface area (Å²) in [5.41, 5.74) is 7.23. The van der Waals surface area contributed by atoms with Crippen LogP contribution in [0, 0.1) is 19.8 Å². The maximum absolute atomic E-state index is 12.7. The van der Waals surface area contributed by atoms with Crippen molar-refractivity contribution in [2.75, 3.05) is 31.1 Å². The molecular formula is C30H38N4O. The van der Waals surface area contributed by atoms with Crippen molar-refractivity contribution in [1.82, 2.24) is 14.9 Å². The number of anilines is 1. The van der Waals surface area contributed by atoms with Gasteiger partial charge in [0.2, 0.25) is 5.91 Å². The third-order valence-corrected chi connectivity index (χ3v) is 6.82. The van der Waals surface area contributed by atoms with Crippen LogP contribution in [-0.2, 0) is 17.6 Å². The minimum Gasteiger partial charge on any atom is -0.353 e. The zero-order chi connectivity index (χ0) is 24.9. The monoisotopic (exact) mass is 470 g/mol. The Balaban J connectivity index is 1.72. The van der Waals surface area contributed by atoms with Crippen LogP contribution in [0.15, 0.2) is 48.5 Å². The van der Waals surface area contributed by atoms with Crippen LogP contribution in [0.2, 0.25) is 0 Å². The Hall–Kier alpha value is -3.21. The molecule has 0 N–H and O–H groups in total. The van der Waals surface area contributed by atoms with Crippen molar-refractivity contribution in [2.24, 2.45) is 5.92 Å². The number of aryl methyl sites for hydroxylation is 3. The highest BCUT2D eigenvalue weighted by molar-refractivity contribution is 5.76. The molecule has 0 aliphatic carbocycles. The summed E-state index contributed by atoms with van der Waals surface area (Å²) in [6.07, 6.45) is 2.28. The van der Waals surface area contributed by atoms with E-state index in [0.717, 1.165) is 61.9 Å². The first-order chi connectivity index (χ1) is 16.9. The van der Waals surface area contributed by atoms with Gasteiger partial charge in [0.1, 0.15) is 5.82 Å². The van der Waals surface area contributed by atoms with Crippen molar-refractivity contribution < 1.29 is 4.79 Å². The van der Waals surface area contributed by atoms with Crippen LogP contribution in [0.25, 0.3) is 11.4 Å². The van der Waals surface area contributed by atoms with Gasteiger partial charge in [-0.05, 0) is 37.3 Å². The molecule has 1 fully saturated rings. The summed E-state index contributed by atoms with van der Waals surface area (Å²) in [5.74, 6) is 2.44. The summed E-state index contributed by atoms with van der Waals surface area (Å²) in [7, 11) is 0. The van der Waals surface area contributed by atoms with Gasteiger partial charge in [-0.15, -0.1) is 0 Å². The van der Waals surface area contributed by atoms with Crippen molar-refractivity contribution in [3.63, 3.8) is 0 Å². The Labute approximate surface area is 210 Å². The van der Waals surface area contributed by atoms with Crippen LogP contribution in [-0.4, -0.2) is 47.0 Å². The Bertz CT molecular complexity index is 1160. The highest BCUT2D eigenvalue weighted by Gasteiger charge is 2.26. The highest BCUT2D eigenvalue weighted by Crippen LogP contribution is 2.30. The van der Waals surface area contributed by atoms with E-state index in [-0.39, 0.29) is 5.91 Å². The molecule has 0 spiro atoms. The summed E-state index contributed by atoms with van der Waals surface area (Å²) in [6, 6.07) is 16.9. The SMILES string of the molecule is CCc1nc(-c2ccccc2)nc(N2CCN(C(=O)CC(C)C)CC2)c1Cc1cc(C)ccc1C. The number of benzene rings is 2. The van der Waals surface area contributed by atoms with Crippen LogP contribution in [0.1, 0.15) is 55.1 Å². The lowest BCUT2D eigenvalue weighted by atomic mass is 9.96. The molecule has 35 heavy (non-hydrogen) atoms. The minimum absolute atomic E-state index is 0.261. The lowest BCUT2D eigenvalue weighted by Gasteiger charge is -2.37. The van der Waals surface area contributed by atoms with Gasteiger partial charge in [0, 0.05) is 55.8 Å². The quantitative estimate of drug-likeness (QED) is 0.450. The molecule has 5 nitrogen and oxygen atoms in total. The van der Waals surface area contributed by atoms with Gasteiger partial charge < -0.3 is 9.80 Å². The smallest absolute Gasteiger partial charge is 0.222 e. The zero-order valence-electron chi connectivity index (χ0n) is 21.8. The molecule has 5 heteroatoms. The predicted octanol–water partition coefficient (Wildman–Crippen LogP) is 5.61. The Morgan fingerprint density at radius 2 is 1.69 bits per heavy atom. The van der Waals surface area contributed by atoms with E-state index in [9.17, 15) is 4.79 Å². The largest absolute Gasteiger partial charge is 0.353 e. The highest BCUT2D eigenvalue weighted by atomic mass is 16.2. The maximum atomic E-state index is 12.7. The number of amides is 1. The van der Waals surface area contributed by atoms with Crippen molar-refractivity contribution in [3.8, 4) is 11.4 Å². The fraction of sp³-hybridized carbons (Fsp3) is 0.433. The summed E-state index contributed by atoms with van der Waals surface area (Å²) in [6.45, 7) is 13.8. The molecule has 4 rings (SSSR count). The van der Waals surface area contributed by atoms with Crippen molar-refractivity contribution in [1.29, 1.82) is 0 Å². The second-order valence-electron chi connectivity index (χ2n) is 10.1. The van der Waals surface area contributed by atoms with Crippen LogP contribution >= 0.6 is 0 Å². The van der Waals surface area contributed by atoms with Crippen LogP contribution in [0.4, 0.5) is 5.82 Å². The van der Waals surface area contributed by atoms with Crippen molar-refractivity contribution in [2.45, 2.75) is 53.9 Å². The number of rotatable bonds is 7. The molecule has 0 unspecified atom stereocenters. The van der Waals surface area contributed by atoms with Crippen molar-refractivity contribution >= 4 is 11.7 Å². The lowest BCUT2D eigenvalue weighted by Crippen LogP contribution is -2.49. The minimum atomic E-state index is 0.261. The summed E-state index contributed by atoms with van der Waals surface area (Å²) >= 11 is 0. The molecular weight excluding hydrogens is 432 g/mol. The van der Waals surface area contributed by atoms with E-state index >= 15 is 0 Å². The number of carbonyl (C=O) groups is 1. The average Bonchev–Trinajstić information content (AvgIpc) is 2.86. The molecule has 184 valence electrons. The van der Waals surface area contributed by atoms with E-state index in [4.69, 9.17) is 9.97 Å². The molecule has 0 atom stereocenters. The fourth-order valence-electron chi connectivity index (χ4n) is 4.80. The topological polar surface area (TPSA) is 49.3 Å². The van der Waals surface area contributed by atoms with Gasteiger partial charge in [-0.25, -0.2) is 9.97 Å². The normalized spacial score (nSPS) is 14.0. The van der Waals surface area contributed by atoms with Gasteiger partial charge in [-0.2, -0.15) is 0 Å². The van der Waals surface area contributed by atoms with Gasteiger partial charge in [-0.3, -0.25) is 4.79 Å². The molecule has 2 aromatic carbocycles. The van der Waals surface area contributed by atoms with Crippen molar-refractivity contribution in [3.05, 3.63) is 76.5 Å². The number of piperazine rings is 1. The van der Waals surface area contributed by atoms with E-state index in [2.05, 4.69) is 69.9 Å². The Morgan fingerprint density at radius 3 is 2.34 bits per heavy atom. The number of hydrogen-bond acceptors (Lipinski definition) is 4. The molecule has 1 amide bonds. The van der Waals surface area contributed by atoms with Gasteiger partial charge >= 0.3 is 0 Å². The van der Waals surface area contributed by atoms with E-state index in [0.29, 0.717) is 12.3 Å². The maximum Gasteiger partial charge on any atom is 0.222 e. The summed E-state index contributed by atoms with van der Waals surface area (Å²) in [4.78, 5) is 27.2.